The van der Waals surface area contributed by atoms with E-state index in [1.807, 2.05) is 0 Å². The maximum absolute atomic E-state index is 4.90. The van der Waals surface area contributed by atoms with Gasteiger partial charge >= 0.3 is 0 Å². The zero-order chi connectivity index (χ0) is 39.1. The van der Waals surface area contributed by atoms with Crippen molar-refractivity contribution >= 4 is 17.1 Å². The van der Waals surface area contributed by atoms with Gasteiger partial charge < -0.3 is 4.90 Å². The molecule has 4 aliphatic carbocycles. The summed E-state index contributed by atoms with van der Waals surface area (Å²) in [5.41, 5.74) is 12.1. The molecule has 290 valence electrons. The van der Waals surface area contributed by atoms with Crippen LogP contribution >= 0.6 is 0 Å². The molecule has 2 aromatic carbocycles. The van der Waals surface area contributed by atoms with Crippen LogP contribution < -0.4 is 4.90 Å². The number of aliphatic imine (C=N–C) groups is 1. The smallest absolute Gasteiger partial charge is 0.0643 e. The Morgan fingerprint density at radius 3 is 2.16 bits per heavy atom. The van der Waals surface area contributed by atoms with E-state index in [1.165, 1.54) is 44.9 Å². The van der Waals surface area contributed by atoms with Gasteiger partial charge in [-0.3, -0.25) is 4.99 Å². The number of rotatable bonds is 9. The van der Waals surface area contributed by atoms with Crippen LogP contribution in [0.25, 0.3) is 0 Å². The molecule has 0 amide bonds. The van der Waals surface area contributed by atoms with Gasteiger partial charge in [-0.15, -0.1) is 0 Å². The van der Waals surface area contributed by atoms with E-state index in [9.17, 15) is 0 Å². The van der Waals surface area contributed by atoms with E-state index >= 15 is 0 Å². The van der Waals surface area contributed by atoms with Crippen molar-refractivity contribution in [1.29, 1.82) is 0 Å². The van der Waals surface area contributed by atoms with Gasteiger partial charge in [-0.25, -0.2) is 0 Å². The van der Waals surface area contributed by atoms with E-state index in [0.717, 1.165) is 63.6 Å². The van der Waals surface area contributed by atoms with E-state index in [0.29, 0.717) is 23.7 Å². The monoisotopic (exact) mass is 741 g/mol. The summed E-state index contributed by atoms with van der Waals surface area (Å²) in [7, 11) is 0. The van der Waals surface area contributed by atoms with Crippen LogP contribution in [0.3, 0.4) is 0 Å². The van der Waals surface area contributed by atoms with Gasteiger partial charge in [0.15, 0.2) is 0 Å². The molecule has 0 aromatic heterocycles. The number of benzene rings is 2. The van der Waals surface area contributed by atoms with Crippen LogP contribution in [-0.4, -0.2) is 12.3 Å². The second-order valence-electron chi connectivity index (χ2n) is 18.5. The molecule has 2 heteroatoms. The number of anilines is 2. The minimum absolute atomic E-state index is 0.0946. The molecule has 4 unspecified atom stereocenters. The Morgan fingerprint density at radius 2 is 1.46 bits per heavy atom. The summed E-state index contributed by atoms with van der Waals surface area (Å²) >= 11 is 0. The lowest BCUT2D eigenvalue weighted by molar-refractivity contribution is 0.372. The molecule has 1 heterocycles. The number of allylic oxidation sites excluding steroid dienone is 20. The average molecular weight is 741 g/mol. The topological polar surface area (TPSA) is 15.6 Å². The highest BCUT2D eigenvalue weighted by molar-refractivity contribution is 6.09. The molecule has 5 aliphatic rings. The van der Waals surface area contributed by atoms with Crippen LogP contribution in [0.15, 0.2) is 173 Å². The molecule has 4 atom stereocenters. The summed E-state index contributed by atoms with van der Waals surface area (Å²) in [5, 5.41) is 0. The fourth-order valence-electron chi connectivity index (χ4n) is 8.83. The summed E-state index contributed by atoms with van der Waals surface area (Å²) in [6.45, 7) is 14.8. The van der Waals surface area contributed by atoms with Crippen LogP contribution in [0.1, 0.15) is 104 Å². The Hall–Kier alpha value is -4.69. The third-order valence-corrected chi connectivity index (χ3v) is 12.2. The molecular weight excluding hydrogens is 677 g/mol. The first-order valence-electron chi connectivity index (χ1n) is 21.4. The van der Waals surface area contributed by atoms with Crippen molar-refractivity contribution in [2.75, 3.05) is 11.4 Å². The Labute approximate surface area is 339 Å². The quantitative estimate of drug-likeness (QED) is 0.250. The van der Waals surface area contributed by atoms with Crippen LogP contribution in [0.4, 0.5) is 11.4 Å². The SMILES string of the molecule is CC(C)(C)C1=CCC(CC(C2=C\CCC=C(C3C=CC=CC3)/C=C\2)C2C=CC=C(N(c3ccc(C4=NCCCC=C4)cc3)c3ccc(C(C)(C)C)cc3)C2)C=C1. The van der Waals surface area contributed by atoms with Gasteiger partial charge in [0, 0.05) is 29.5 Å². The Balaban J connectivity index is 1.21. The molecule has 2 aromatic rings. The normalized spacial score (nSPS) is 24.8. The predicted molar refractivity (Wildman–Crippen MR) is 243 cm³/mol. The number of nitrogens with zero attached hydrogens (tertiary/aromatic N) is 2. The molecule has 2 nitrogen and oxygen atoms in total. The number of hydrogen-bond donors (Lipinski definition) is 0. The van der Waals surface area contributed by atoms with E-state index in [-0.39, 0.29) is 10.8 Å². The average Bonchev–Trinajstić information content (AvgIpc) is 3.48. The minimum Gasteiger partial charge on any atom is -0.314 e. The first-order valence-corrected chi connectivity index (χ1v) is 21.4. The van der Waals surface area contributed by atoms with E-state index in [4.69, 9.17) is 4.99 Å². The molecular formula is C54H64N2. The van der Waals surface area contributed by atoms with Crippen molar-refractivity contribution < 1.29 is 0 Å². The molecule has 0 N–H and O–H groups in total. The fourth-order valence-corrected chi connectivity index (χ4v) is 8.83. The third-order valence-electron chi connectivity index (χ3n) is 12.2. The molecule has 7 rings (SSSR count). The van der Waals surface area contributed by atoms with Crippen LogP contribution in [0.2, 0.25) is 0 Å². The Bertz CT molecular complexity index is 2030. The van der Waals surface area contributed by atoms with Crippen LogP contribution in [0, 0.1) is 29.1 Å². The first-order chi connectivity index (χ1) is 27.0. The Morgan fingerprint density at radius 1 is 0.696 bits per heavy atom. The van der Waals surface area contributed by atoms with E-state index < -0.39 is 0 Å². The van der Waals surface area contributed by atoms with Gasteiger partial charge in [-0.2, -0.15) is 0 Å². The van der Waals surface area contributed by atoms with Gasteiger partial charge in [0.1, 0.15) is 0 Å². The highest BCUT2D eigenvalue weighted by Crippen LogP contribution is 2.43. The zero-order valence-corrected chi connectivity index (χ0v) is 34.9. The maximum Gasteiger partial charge on any atom is 0.0643 e. The van der Waals surface area contributed by atoms with Crippen molar-refractivity contribution in [3.63, 3.8) is 0 Å². The van der Waals surface area contributed by atoms with Crippen molar-refractivity contribution in [2.45, 2.75) is 98.3 Å². The summed E-state index contributed by atoms with van der Waals surface area (Å²) in [6.07, 6.45) is 46.9. The predicted octanol–water partition coefficient (Wildman–Crippen LogP) is 14.6. The van der Waals surface area contributed by atoms with Gasteiger partial charge in [-0.05, 0) is 144 Å². The van der Waals surface area contributed by atoms with Gasteiger partial charge in [-0.1, -0.05) is 151 Å². The summed E-state index contributed by atoms with van der Waals surface area (Å²) in [5.74, 6) is 1.76. The largest absolute Gasteiger partial charge is 0.314 e. The third kappa shape index (κ3) is 9.81. The van der Waals surface area contributed by atoms with Crippen LogP contribution in [0.5, 0.6) is 0 Å². The lowest BCUT2D eigenvalue weighted by Gasteiger charge is -2.36. The van der Waals surface area contributed by atoms with Gasteiger partial charge in [0.25, 0.3) is 0 Å². The highest BCUT2D eigenvalue weighted by Gasteiger charge is 2.31. The molecule has 0 bridgehead atoms. The maximum atomic E-state index is 4.90. The molecule has 0 fully saturated rings. The molecule has 56 heavy (non-hydrogen) atoms. The number of hydrogen-bond acceptors (Lipinski definition) is 2. The molecule has 1 aliphatic heterocycles. The summed E-state index contributed by atoms with van der Waals surface area (Å²) in [6, 6.07) is 18.4. The fraction of sp³-hybridized carbons (Fsp3) is 0.389. The standard InChI is InChI=1S/C54H64N2/c1-53(2,3)46-29-23-40(24-30-46)38-51(43-19-13-12-18-42(25-26-43)41-16-9-7-10-17-41)45-20-15-21-50(39-45)56(49-35-31-47(32-36-49)54(4,5)6)48-33-27-44(28-34-48)52-22-11-8-14-37-55-52/h7,9-11,15-16,18-23,25-36,40-41,45,51H,8,12-14,17,24,37-39H2,1-6H3/b26-25-,42-18?,43-19-. The van der Waals surface area contributed by atoms with Crippen molar-refractivity contribution in [3.8, 4) is 0 Å². The lowest BCUT2D eigenvalue weighted by Crippen LogP contribution is -2.26. The van der Waals surface area contributed by atoms with E-state index in [1.54, 1.807) is 0 Å². The first kappa shape index (κ1) is 39.5. The zero-order valence-electron chi connectivity index (χ0n) is 34.9. The molecule has 0 radical (unpaired) electrons. The highest BCUT2D eigenvalue weighted by atomic mass is 15.1. The second-order valence-corrected chi connectivity index (χ2v) is 18.5. The van der Waals surface area contributed by atoms with E-state index in [2.05, 4.69) is 192 Å². The molecule has 0 saturated carbocycles. The van der Waals surface area contributed by atoms with Gasteiger partial charge in [0.05, 0.1) is 5.71 Å². The van der Waals surface area contributed by atoms with Gasteiger partial charge in [0.2, 0.25) is 0 Å². The second kappa shape index (κ2) is 17.6. The van der Waals surface area contributed by atoms with Crippen molar-refractivity contribution in [3.05, 3.63) is 179 Å². The lowest BCUT2D eigenvalue weighted by atomic mass is 9.72. The summed E-state index contributed by atoms with van der Waals surface area (Å²) < 4.78 is 0. The molecule has 0 spiro atoms. The summed E-state index contributed by atoms with van der Waals surface area (Å²) in [4.78, 5) is 7.41. The minimum atomic E-state index is 0.0946. The Kier molecular flexibility index (Phi) is 12.4. The molecule has 0 saturated heterocycles. The van der Waals surface area contributed by atoms with Crippen LogP contribution in [-0.2, 0) is 5.41 Å². The van der Waals surface area contributed by atoms with Crippen molar-refractivity contribution in [1.82, 2.24) is 0 Å². The van der Waals surface area contributed by atoms with Crippen molar-refractivity contribution in [2.24, 2.45) is 34.1 Å².